The number of carbonyl (C=O) groups excluding carboxylic acids is 1. The molecule has 1 amide bonds. The number of nitrogens with zero attached hydrogens (tertiary/aromatic N) is 3. The van der Waals surface area contributed by atoms with E-state index in [-0.39, 0.29) is 11.7 Å². The standard InChI is InChI=1S/C19H29N3O3/c1-25-14-13-20-8-2-3-16(15-20)19(24)22-11-9-21(10-12-22)17-4-6-18(23)7-5-17/h4-7,16,23H,2-3,8-15H2,1H3/t16-/m0/s1. The van der Waals surface area contributed by atoms with Crippen molar-refractivity contribution in [1.29, 1.82) is 0 Å². The number of anilines is 1. The van der Waals surface area contributed by atoms with Crippen LogP contribution in [0.3, 0.4) is 0 Å². The van der Waals surface area contributed by atoms with E-state index in [1.165, 1.54) is 0 Å². The molecular weight excluding hydrogens is 318 g/mol. The van der Waals surface area contributed by atoms with Gasteiger partial charge in [0.15, 0.2) is 0 Å². The van der Waals surface area contributed by atoms with Crippen LogP contribution in [0.15, 0.2) is 24.3 Å². The molecule has 1 aromatic rings. The van der Waals surface area contributed by atoms with Gasteiger partial charge in [-0.1, -0.05) is 0 Å². The molecule has 0 bridgehead atoms. The van der Waals surface area contributed by atoms with Gasteiger partial charge >= 0.3 is 0 Å². The number of hydrogen-bond donors (Lipinski definition) is 1. The second kappa shape index (κ2) is 8.54. The highest BCUT2D eigenvalue weighted by Gasteiger charge is 2.30. The number of aromatic hydroxyl groups is 1. The van der Waals surface area contributed by atoms with E-state index in [1.54, 1.807) is 19.2 Å². The molecule has 138 valence electrons. The van der Waals surface area contributed by atoms with E-state index < -0.39 is 0 Å². The molecular formula is C19H29N3O3. The molecule has 2 saturated heterocycles. The molecule has 3 rings (SSSR count). The molecule has 0 radical (unpaired) electrons. The number of piperidine rings is 1. The lowest BCUT2D eigenvalue weighted by Crippen LogP contribution is -2.52. The molecule has 0 aliphatic carbocycles. The molecule has 6 heteroatoms. The first-order chi connectivity index (χ1) is 12.2. The van der Waals surface area contributed by atoms with Crippen molar-refractivity contribution in [2.45, 2.75) is 12.8 Å². The molecule has 0 aromatic heterocycles. The van der Waals surface area contributed by atoms with E-state index >= 15 is 0 Å². The van der Waals surface area contributed by atoms with Crippen molar-refractivity contribution >= 4 is 11.6 Å². The number of likely N-dealkylation sites (tertiary alicyclic amines) is 1. The molecule has 1 atom stereocenters. The SMILES string of the molecule is COCCN1CCC[C@H](C(=O)N2CCN(c3ccc(O)cc3)CC2)C1. The van der Waals surface area contributed by atoms with Crippen molar-refractivity contribution in [3.63, 3.8) is 0 Å². The summed E-state index contributed by atoms with van der Waals surface area (Å²) in [6.45, 7) is 6.80. The van der Waals surface area contributed by atoms with Gasteiger partial charge in [-0.3, -0.25) is 4.79 Å². The highest BCUT2D eigenvalue weighted by atomic mass is 16.5. The average molecular weight is 347 g/mol. The predicted octanol–water partition coefficient (Wildman–Crippen LogP) is 1.40. The van der Waals surface area contributed by atoms with E-state index in [2.05, 4.69) is 9.80 Å². The van der Waals surface area contributed by atoms with Gasteiger partial charge in [0, 0.05) is 52.1 Å². The van der Waals surface area contributed by atoms with Crippen LogP contribution in [0.4, 0.5) is 5.69 Å². The fraction of sp³-hybridized carbons (Fsp3) is 0.632. The summed E-state index contributed by atoms with van der Waals surface area (Å²) < 4.78 is 5.16. The van der Waals surface area contributed by atoms with Crippen LogP contribution >= 0.6 is 0 Å². The second-order valence-corrected chi connectivity index (χ2v) is 6.96. The summed E-state index contributed by atoms with van der Waals surface area (Å²) in [6, 6.07) is 7.29. The number of phenolic OH excluding ortho intramolecular Hbond substituents is 1. The van der Waals surface area contributed by atoms with E-state index in [0.717, 1.165) is 70.9 Å². The zero-order valence-electron chi connectivity index (χ0n) is 15.1. The first kappa shape index (κ1) is 18.0. The largest absolute Gasteiger partial charge is 0.508 e. The summed E-state index contributed by atoms with van der Waals surface area (Å²) >= 11 is 0. The highest BCUT2D eigenvalue weighted by Crippen LogP contribution is 2.22. The molecule has 0 unspecified atom stereocenters. The molecule has 2 fully saturated rings. The Morgan fingerprint density at radius 2 is 1.88 bits per heavy atom. The third-order valence-electron chi connectivity index (χ3n) is 5.27. The molecule has 6 nitrogen and oxygen atoms in total. The lowest BCUT2D eigenvalue weighted by Gasteiger charge is -2.39. The Bertz CT molecular complexity index is 556. The van der Waals surface area contributed by atoms with E-state index in [0.29, 0.717) is 5.91 Å². The van der Waals surface area contributed by atoms with Gasteiger partial charge in [0.2, 0.25) is 5.91 Å². The number of amides is 1. The van der Waals surface area contributed by atoms with Crippen LogP contribution in [0, 0.1) is 5.92 Å². The number of rotatable bonds is 5. The Morgan fingerprint density at radius 1 is 1.16 bits per heavy atom. The van der Waals surface area contributed by atoms with Crippen molar-refractivity contribution in [1.82, 2.24) is 9.80 Å². The summed E-state index contributed by atoms with van der Waals surface area (Å²) in [6.07, 6.45) is 2.09. The van der Waals surface area contributed by atoms with Crippen LogP contribution < -0.4 is 4.90 Å². The number of phenols is 1. The van der Waals surface area contributed by atoms with Crippen molar-refractivity contribution in [2.75, 3.05) is 64.4 Å². The van der Waals surface area contributed by atoms with Crippen molar-refractivity contribution in [3.05, 3.63) is 24.3 Å². The van der Waals surface area contributed by atoms with E-state index in [1.807, 2.05) is 17.0 Å². The minimum atomic E-state index is 0.130. The summed E-state index contributed by atoms with van der Waals surface area (Å²) in [5.41, 5.74) is 1.10. The van der Waals surface area contributed by atoms with Gasteiger partial charge in [-0.2, -0.15) is 0 Å². The van der Waals surface area contributed by atoms with Gasteiger partial charge in [0.1, 0.15) is 5.75 Å². The summed E-state index contributed by atoms with van der Waals surface area (Å²) in [7, 11) is 1.72. The predicted molar refractivity (Wildman–Crippen MR) is 97.9 cm³/mol. The van der Waals surface area contributed by atoms with Gasteiger partial charge in [-0.05, 0) is 43.7 Å². The molecule has 2 aliphatic rings. The Morgan fingerprint density at radius 3 is 2.56 bits per heavy atom. The van der Waals surface area contributed by atoms with Crippen molar-refractivity contribution in [3.8, 4) is 5.75 Å². The Labute approximate surface area is 150 Å². The van der Waals surface area contributed by atoms with Crippen molar-refractivity contribution in [2.24, 2.45) is 5.92 Å². The minimum absolute atomic E-state index is 0.130. The minimum Gasteiger partial charge on any atom is -0.508 e. The van der Waals surface area contributed by atoms with Crippen LogP contribution in [0.5, 0.6) is 5.75 Å². The molecule has 0 spiro atoms. The summed E-state index contributed by atoms with van der Waals surface area (Å²) in [4.78, 5) is 19.5. The topological polar surface area (TPSA) is 56.2 Å². The number of piperazine rings is 1. The fourth-order valence-electron chi connectivity index (χ4n) is 3.79. The Balaban J connectivity index is 1.50. The van der Waals surface area contributed by atoms with Gasteiger partial charge in [-0.25, -0.2) is 0 Å². The van der Waals surface area contributed by atoms with Gasteiger partial charge < -0.3 is 24.5 Å². The summed E-state index contributed by atoms with van der Waals surface area (Å²) in [5, 5.41) is 9.41. The fourth-order valence-corrected chi connectivity index (χ4v) is 3.79. The maximum atomic E-state index is 12.9. The Hall–Kier alpha value is -1.79. The smallest absolute Gasteiger partial charge is 0.227 e. The van der Waals surface area contributed by atoms with E-state index in [4.69, 9.17) is 4.74 Å². The molecule has 1 aromatic carbocycles. The number of methoxy groups -OCH3 is 1. The van der Waals surface area contributed by atoms with Crippen LogP contribution in [-0.2, 0) is 9.53 Å². The lowest BCUT2D eigenvalue weighted by molar-refractivity contribution is -0.137. The number of carbonyl (C=O) groups is 1. The third-order valence-corrected chi connectivity index (χ3v) is 5.27. The zero-order chi connectivity index (χ0) is 17.6. The first-order valence-corrected chi connectivity index (χ1v) is 9.21. The first-order valence-electron chi connectivity index (χ1n) is 9.21. The number of benzene rings is 1. The molecule has 25 heavy (non-hydrogen) atoms. The van der Waals surface area contributed by atoms with E-state index in [9.17, 15) is 9.90 Å². The number of hydrogen-bond acceptors (Lipinski definition) is 5. The lowest BCUT2D eigenvalue weighted by atomic mass is 9.96. The second-order valence-electron chi connectivity index (χ2n) is 6.96. The molecule has 2 heterocycles. The third kappa shape index (κ3) is 4.64. The quantitative estimate of drug-likeness (QED) is 0.873. The van der Waals surface area contributed by atoms with Crippen LogP contribution in [0.25, 0.3) is 0 Å². The maximum absolute atomic E-state index is 12.9. The van der Waals surface area contributed by atoms with Gasteiger partial charge in [-0.15, -0.1) is 0 Å². The van der Waals surface area contributed by atoms with Crippen molar-refractivity contribution < 1.29 is 14.6 Å². The van der Waals surface area contributed by atoms with Gasteiger partial charge in [0.25, 0.3) is 0 Å². The molecule has 2 aliphatic heterocycles. The maximum Gasteiger partial charge on any atom is 0.227 e. The van der Waals surface area contributed by atoms with Gasteiger partial charge in [0.05, 0.1) is 12.5 Å². The zero-order valence-corrected chi connectivity index (χ0v) is 15.1. The van der Waals surface area contributed by atoms with Crippen LogP contribution in [0.1, 0.15) is 12.8 Å². The normalized spacial score (nSPS) is 22.2. The Kier molecular flexibility index (Phi) is 6.15. The molecule has 0 saturated carbocycles. The van der Waals surface area contributed by atoms with Crippen LogP contribution in [-0.4, -0.2) is 80.3 Å². The monoisotopic (exact) mass is 347 g/mol. The number of ether oxygens (including phenoxy) is 1. The summed E-state index contributed by atoms with van der Waals surface area (Å²) in [5.74, 6) is 0.728. The molecule has 1 N–H and O–H groups in total. The van der Waals surface area contributed by atoms with Crippen LogP contribution in [0.2, 0.25) is 0 Å². The highest BCUT2D eigenvalue weighted by molar-refractivity contribution is 5.79. The average Bonchev–Trinajstić information content (AvgIpc) is 2.67.